The monoisotopic (exact) mass is 487 g/mol. The summed E-state index contributed by atoms with van der Waals surface area (Å²) in [6.07, 6.45) is 0.374. The smallest absolute Gasteiger partial charge is 0.307 e. The number of rotatable bonds is 8. The minimum Gasteiger partial charge on any atom is -0.489 e. The third-order valence-electron chi connectivity index (χ3n) is 6.26. The molecule has 0 radical (unpaired) electrons. The van der Waals surface area contributed by atoms with Crippen molar-refractivity contribution in [2.45, 2.75) is 52.4 Å². The lowest BCUT2D eigenvalue weighted by molar-refractivity contribution is -0.155. The van der Waals surface area contributed by atoms with Crippen molar-refractivity contribution in [3.05, 3.63) is 89.5 Å². The molecule has 0 N–H and O–H groups in total. The molecular formula is C31H37NO4. The van der Waals surface area contributed by atoms with Crippen molar-refractivity contribution in [3.8, 4) is 16.9 Å². The Balaban J connectivity index is 1.30. The van der Waals surface area contributed by atoms with Crippen LogP contribution in [0.4, 0.5) is 0 Å². The van der Waals surface area contributed by atoms with Gasteiger partial charge >= 0.3 is 5.97 Å². The summed E-state index contributed by atoms with van der Waals surface area (Å²) >= 11 is 0. The number of carbonyl (C=O) groups is 1. The highest BCUT2D eigenvalue weighted by molar-refractivity contribution is 5.70. The normalized spacial score (nSPS) is 16.5. The molecule has 4 rings (SSSR count). The number of hydrogen-bond acceptors (Lipinski definition) is 5. The topological polar surface area (TPSA) is 48.0 Å². The van der Waals surface area contributed by atoms with Gasteiger partial charge in [0, 0.05) is 19.6 Å². The van der Waals surface area contributed by atoms with E-state index in [1.54, 1.807) is 0 Å². The maximum absolute atomic E-state index is 12.1. The second-order valence-electron chi connectivity index (χ2n) is 10.4. The molecule has 1 heterocycles. The Morgan fingerprint density at radius 3 is 2.42 bits per heavy atom. The highest BCUT2D eigenvalue weighted by Gasteiger charge is 2.24. The predicted molar refractivity (Wildman–Crippen MR) is 143 cm³/mol. The van der Waals surface area contributed by atoms with E-state index in [-0.39, 0.29) is 12.1 Å². The van der Waals surface area contributed by atoms with Gasteiger partial charge in [0.15, 0.2) is 0 Å². The van der Waals surface area contributed by atoms with E-state index in [9.17, 15) is 4.79 Å². The van der Waals surface area contributed by atoms with Crippen LogP contribution in [0.2, 0.25) is 0 Å². The molecule has 5 nitrogen and oxygen atoms in total. The fourth-order valence-corrected chi connectivity index (χ4v) is 4.43. The average Bonchev–Trinajstić information content (AvgIpc) is 2.86. The van der Waals surface area contributed by atoms with Crippen molar-refractivity contribution >= 4 is 5.97 Å². The van der Waals surface area contributed by atoms with E-state index in [1.807, 2.05) is 32.9 Å². The second kappa shape index (κ2) is 11.7. The van der Waals surface area contributed by atoms with E-state index >= 15 is 0 Å². The van der Waals surface area contributed by atoms with Crippen LogP contribution in [0.1, 0.15) is 50.0 Å². The molecule has 0 bridgehead atoms. The van der Waals surface area contributed by atoms with Crippen molar-refractivity contribution in [1.29, 1.82) is 0 Å². The minimum atomic E-state index is -0.447. The molecular weight excluding hydrogens is 450 g/mol. The van der Waals surface area contributed by atoms with Crippen molar-refractivity contribution in [3.63, 3.8) is 0 Å². The Hall–Kier alpha value is -3.15. The van der Waals surface area contributed by atoms with Crippen LogP contribution in [0.5, 0.6) is 5.75 Å². The van der Waals surface area contributed by atoms with Gasteiger partial charge in [0.05, 0.1) is 19.1 Å². The summed E-state index contributed by atoms with van der Waals surface area (Å²) in [7, 11) is 0. The molecule has 1 aliphatic rings. The third kappa shape index (κ3) is 7.42. The molecule has 0 spiro atoms. The number of morpholine rings is 1. The predicted octanol–water partition coefficient (Wildman–Crippen LogP) is 6.35. The zero-order valence-electron chi connectivity index (χ0n) is 21.8. The number of ether oxygens (including phenoxy) is 3. The van der Waals surface area contributed by atoms with Gasteiger partial charge in [-0.15, -0.1) is 0 Å². The van der Waals surface area contributed by atoms with Crippen LogP contribution >= 0.6 is 0 Å². The first-order valence-corrected chi connectivity index (χ1v) is 12.7. The van der Waals surface area contributed by atoms with Gasteiger partial charge in [-0.1, -0.05) is 60.7 Å². The Bertz CT molecular complexity index is 1140. The van der Waals surface area contributed by atoms with Gasteiger partial charge < -0.3 is 14.2 Å². The fourth-order valence-electron chi connectivity index (χ4n) is 4.43. The maximum Gasteiger partial charge on any atom is 0.307 e. The highest BCUT2D eigenvalue weighted by Crippen LogP contribution is 2.28. The minimum absolute atomic E-state index is 0.0167. The first kappa shape index (κ1) is 25.9. The number of esters is 1. The molecule has 5 heteroatoms. The van der Waals surface area contributed by atoms with Gasteiger partial charge in [-0.05, 0) is 67.6 Å². The van der Waals surface area contributed by atoms with E-state index in [0.717, 1.165) is 35.5 Å². The number of benzene rings is 3. The van der Waals surface area contributed by atoms with Crippen LogP contribution in [0.3, 0.4) is 0 Å². The molecule has 36 heavy (non-hydrogen) atoms. The van der Waals surface area contributed by atoms with E-state index < -0.39 is 5.60 Å². The molecule has 3 aromatic carbocycles. The van der Waals surface area contributed by atoms with Gasteiger partial charge in [0.1, 0.15) is 18.0 Å². The molecule has 1 atom stereocenters. The zero-order chi connectivity index (χ0) is 25.5. The SMILES string of the molecule is Cc1cc(OCc2ccc(-c3ccccc3)cc2)ccc1C1CN(CCC(=O)OC(C)(C)C)CCO1. The van der Waals surface area contributed by atoms with Crippen LogP contribution in [0, 0.1) is 6.92 Å². The van der Waals surface area contributed by atoms with Crippen LogP contribution < -0.4 is 4.74 Å². The molecule has 0 aliphatic carbocycles. The molecule has 1 aliphatic heterocycles. The molecule has 1 saturated heterocycles. The molecule has 0 saturated carbocycles. The number of nitrogens with zero attached hydrogens (tertiary/aromatic N) is 1. The molecule has 1 fully saturated rings. The van der Waals surface area contributed by atoms with Crippen LogP contribution in [0.25, 0.3) is 11.1 Å². The van der Waals surface area contributed by atoms with Gasteiger partial charge in [0.2, 0.25) is 0 Å². The van der Waals surface area contributed by atoms with Crippen molar-refractivity contribution < 1.29 is 19.0 Å². The Morgan fingerprint density at radius 1 is 1.00 bits per heavy atom. The van der Waals surface area contributed by atoms with Crippen molar-refractivity contribution in [1.82, 2.24) is 4.90 Å². The number of aryl methyl sites for hydroxylation is 1. The van der Waals surface area contributed by atoms with Crippen molar-refractivity contribution in [2.75, 3.05) is 26.2 Å². The summed E-state index contributed by atoms with van der Waals surface area (Å²) in [5.41, 5.74) is 5.41. The Kier molecular flexibility index (Phi) is 8.44. The van der Waals surface area contributed by atoms with Gasteiger partial charge in [-0.3, -0.25) is 9.69 Å². The number of hydrogen-bond donors (Lipinski definition) is 0. The van der Waals surface area contributed by atoms with Gasteiger partial charge in [-0.25, -0.2) is 0 Å². The van der Waals surface area contributed by atoms with Crippen LogP contribution in [-0.2, 0) is 20.9 Å². The summed E-state index contributed by atoms with van der Waals surface area (Å²) in [4.78, 5) is 14.4. The summed E-state index contributed by atoms with van der Waals surface area (Å²) in [5.74, 6) is 0.693. The highest BCUT2D eigenvalue weighted by atomic mass is 16.6. The summed E-state index contributed by atoms with van der Waals surface area (Å²) in [6, 6.07) is 25.1. The maximum atomic E-state index is 12.1. The second-order valence-corrected chi connectivity index (χ2v) is 10.4. The first-order chi connectivity index (χ1) is 17.3. The lowest BCUT2D eigenvalue weighted by atomic mass is 10.0. The Labute approximate surface area is 215 Å². The fraction of sp³-hybridized carbons (Fsp3) is 0.387. The van der Waals surface area contributed by atoms with Crippen LogP contribution in [-0.4, -0.2) is 42.7 Å². The Morgan fingerprint density at radius 2 is 1.72 bits per heavy atom. The summed E-state index contributed by atoms with van der Waals surface area (Å²) in [6.45, 7) is 11.2. The third-order valence-corrected chi connectivity index (χ3v) is 6.26. The zero-order valence-corrected chi connectivity index (χ0v) is 21.8. The lowest BCUT2D eigenvalue weighted by Crippen LogP contribution is -2.40. The van der Waals surface area contributed by atoms with Gasteiger partial charge in [-0.2, -0.15) is 0 Å². The molecule has 0 aromatic heterocycles. The quantitative estimate of drug-likeness (QED) is 0.347. The molecule has 0 amide bonds. The van der Waals surface area contributed by atoms with E-state index in [2.05, 4.69) is 72.5 Å². The summed E-state index contributed by atoms with van der Waals surface area (Å²) in [5, 5.41) is 0. The van der Waals surface area contributed by atoms with E-state index in [4.69, 9.17) is 14.2 Å². The van der Waals surface area contributed by atoms with Crippen LogP contribution in [0.15, 0.2) is 72.8 Å². The number of carbonyl (C=O) groups excluding carboxylic acids is 1. The molecule has 190 valence electrons. The standard InChI is InChI=1S/C31H37NO4/c1-23-20-27(35-22-24-10-12-26(13-11-24)25-8-6-5-7-9-25)14-15-28(23)29-21-32(18-19-34-29)17-16-30(33)36-31(2,3)4/h5-15,20,29H,16-19,21-22H2,1-4H3. The van der Waals surface area contributed by atoms with Gasteiger partial charge in [0.25, 0.3) is 0 Å². The van der Waals surface area contributed by atoms with E-state index in [1.165, 1.54) is 11.1 Å². The van der Waals surface area contributed by atoms with Crippen molar-refractivity contribution in [2.24, 2.45) is 0 Å². The molecule has 1 unspecified atom stereocenters. The molecule has 3 aromatic rings. The van der Waals surface area contributed by atoms with E-state index in [0.29, 0.717) is 26.2 Å². The lowest BCUT2D eigenvalue weighted by Gasteiger charge is -2.33. The average molecular weight is 488 g/mol. The first-order valence-electron chi connectivity index (χ1n) is 12.7. The summed E-state index contributed by atoms with van der Waals surface area (Å²) < 4.78 is 17.6. The largest absolute Gasteiger partial charge is 0.489 e.